The number of carbonyl (C=O) groups is 3. The van der Waals surface area contributed by atoms with Gasteiger partial charge in [0.25, 0.3) is 11.8 Å². The van der Waals surface area contributed by atoms with Gasteiger partial charge in [0, 0.05) is 10.6 Å². The first kappa shape index (κ1) is 22.2. The predicted octanol–water partition coefficient (Wildman–Crippen LogP) is 3.16. The first-order valence-electron chi connectivity index (χ1n) is 9.00. The molecule has 0 bridgehead atoms. The zero-order valence-corrected chi connectivity index (χ0v) is 17.2. The molecule has 2 aromatic carbocycles. The van der Waals surface area contributed by atoms with Crippen molar-refractivity contribution in [2.45, 2.75) is 26.7 Å². The Morgan fingerprint density at radius 2 is 1.69 bits per heavy atom. The van der Waals surface area contributed by atoms with E-state index in [9.17, 15) is 14.4 Å². The Balaban J connectivity index is 1.75. The number of aryl methyl sites for hydroxylation is 1. The van der Waals surface area contributed by atoms with E-state index in [1.54, 1.807) is 12.1 Å². The molecule has 2 amide bonds. The Bertz CT molecular complexity index is 881. The van der Waals surface area contributed by atoms with Crippen molar-refractivity contribution >= 4 is 29.4 Å². The maximum Gasteiger partial charge on any atom is 0.344 e. The number of benzene rings is 2. The van der Waals surface area contributed by atoms with Crippen molar-refractivity contribution < 1.29 is 23.9 Å². The number of halogens is 1. The van der Waals surface area contributed by atoms with Gasteiger partial charge in [0.05, 0.1) is 0 Å². The molecule has 0 spiro atoms. The third-order valence-electron chi connectivity index (χ3n) is 3.92. The lowest BCUT2D eigenvalue weighted by atomic mass is 10.0. The summed E-state index contributed by atoms with van der Waals surface area (Å²) >= 11 is 5.75. The molecule has 0 aliphatic carbocycles. The second kappa shape index (κ2) is 10.5. The Morgan fingerprint density at radius 1 is 1.00 bits per heavy atom. The van der Waals surface area contributed by atoms with Crippen LogP contribution in [0.4, 0.5) is 0 Å². The average Bonchev–Trinajstić information content (AvgIpc) is 2.69. The second-order valence-electron chi connectivity index (χ2n) is 6.65. The van der Waals surface area contributed by atoms with Gasteiger partial charge in [0.1, 0.15) is 5.75 Å². The number of carbonyl (C=O) groups excluding carboxylic acids is 3. The molecular weight excluding hydrogens is 396 g/mol. The third-order valence-corrected chi connectivity index (χ3v) is 4.17. The predicted molar refractivity (Wildman–Crippen MR) is 109 cm³/mol. The van der Waals surface area contributed by atoms with Crippen molar-refractivity contribution in [2.24, 2.45) is 0 Å². The smallest absolute Gasteiger partial charge is 0.344 e. The molecule has 2 rings (SSSR count). The van der Waals surface area contributed by atoms with Crippen molar-refractivity contribution in [1.29, 1.82) is 0 Å². The summed E-state index contributed by atoms with van der Waals surface area (Å²) in [7, 11) is 0. The number of amides is 2. The zero-order chi connectivity index (χ0) is 21.4. The lowest BCUT2D eigenvalue weighted by molar-refractivity contribution is -0.150. The largest absolute Gasteiger partial charge is 0.482 e. The summed E-state index contributed by atoms with van der Waals surface area (Å²) in [6.07, 6.45) is 0. The number of ether oxygens (including phenoxy) is 2. The van der Waals surface area contributed by atoms with E-state index in [1.165, 1.54) is 12.1 Å². The van der Waals surface area contributed by atoms with Gasteiger partial charge in [-0.2, -0.15) is 0 Å². The Hall–Kier alpha value is -3.06. The van der Waals surface area contributed by atoms with E-state index in [0.29, 0.717) is 16.3 Å². The summed E-state index contributed by atoms with van der Waals surface area (Å²) in [5, 5.41) is 0.492. The molecule has 7 nitrogen and oxygen atoms in total. The van der Waals surface area contributed by atoms with Crippen molar-refractivity contribution in [3.05, 3.63) is 64.2 Å². The van der Waals surface area contributed by atoms with Gasteiger partial charge in [-0.1, -0.05) is 37.6 Å². The van der Waals surface area contributed by atoms with Crippen LogP contribution in [0.3, 0.4) is 0 Å². The summed E-state index contributed by atoms with van der Waals surface area (Å²) in [6.45, 7) is 5.11. The Morgan fingerprint density at radius 3 is 2.34 bits per heavy atom. The molecule has 154 valence electrons. The molecule has 0 saturated carbocycles. The van der Waals surface area contributed by atoms with Crippen LogP contribution in [-0.2, 0) is 14.3 Å². The second-order valence-corrected chi connectivity index (χ2v) is 7.09. The number of hydrogen-bond acceptors (Lipinski definition) is 5. The van der Waals surface area contributed by atoms with Gasteiger partial charge in [0.2, 0.25) is 0 Å². The van der Waals surface area contributed by atoms with Crippen LogP contribution < -0.4 is 15.6 Å². The highest BCUT2D eigenvalue weighted by molar-refractivity contribution is 6.30. The van der Waals surface area contributed by atoms with Gasteiger partial charge in [-0.3, -0.25) is 20.4 Å². The fourth-order valence-corrected chi connectivity index (χ4v) is 2.53. The van der Waals surface area contributed by atoms with E-state index >= 15 is 0 Å². The van der Waals surface area contributed by atoms with Gasteiger partial charge in [-0.15, -0.1) is 0 Å². The van der Waals surface area contributed by atoms with Crippen molar-refractivity contribution in [2.75, 3.05) is 13.2 Å². The fraction of sp³-hybridized carbons (Fsp3) is 0.286. The highest BCUT2D eigenvalue weighted by Gasteiger charge is 2.13. The third kappa shape index (κ3) is 7.12. The van der Waals surface area contributed by atoms with Crippen LogP contribution in [0.1, 0.15) is 41.3 Å². The van der Waals surface area contributed by atoms with Crippen LogP contribution in [-0.4, -0.2) is 31.0 Å². The van der Waals surface area contributed by atoms with Crippen molar-refractivity contribution in [1.82, 2.24) is 10.9 Å². The summed E-state index contributed by atoms with van der Waals surface area (Å²) in [5.41, 5.74) is 6.69. The molecule has 0 saturated heterocycles. The van der Waals surface area contributed by atoms with Gasteiger partial charge in [-0.05, 0) is 54.3 Å². The topological polar surface area (TPSA) is 93.7 Å². The first-order chi connectivity index (χ1) is 13.8. The maximum absolute atomic E-state index is 11.9. The minimum Gasteiger partial charge on any atom is -0.482 e. The van der Waals surface area contributed by atoms with Crippen LogP contribution in [0.5, 0.6) is 5.75 Å². The Labute approximate surface area is 174 Å². The van der Waals surface area contributed by atoms with Crippen LogP contribution in [0, 0.1) is 6.92 Å². The number of hydrazine groups is 1. The molecular formula is C21H23ClN2O5. The fourth-order valence-electron chi connectivity index (χ4n) is 2.40. The minimum atomic E-state index is -0.694. The van der Waals surface area contributed by atoms with Gasteiger partial charge in [0.15, 0.2) is 13.2 Å². The highest BCUT2D eigenvalue weighted by Crippen LogP contribution is 2.27. The number of hydrogen-bond donors (Lipinski definition) is 2. The molecule has 0 unspecified atom stereocenters. The summed E-state index contributed by atoms with van der Waals surface area (Å²) in [6, 6.07) is 11.9. The Kier molecular flexibility index (Phi) is 8.03. The van der Waals surface area contributed by atoms with Crippen LogP contribution >= 0.6 is 11.6 Å². The zero-order valence-electron chi connectivity index (χ0n) is 16.5. The summed E-state index contributed by atoms with van der Waals surface area (Å²) < 4.78 is 10.4. The standard InChI is InChI=1S/C21H23ClN2O5/c1-13(2)17-9-4-14(3)10-18(17)28-12-20(26)29-11-19(25)23-24-21(27)15-5-7-16(22)8-6-15/h4-10,13H,11-12H2,1-3H3,(H,23,25)(H,24,27). The van der Waals surface area contributed by atoms with E-state index in [1.807, 2.05) is 39.0 Å². The molecule has 0 aliphatic heterocycles. The molecule has 2 aromatic rings. The van der Waals surface area contributed by atoms with E-state index < -0.39 is 24.4 Å². The van der Waals surface area contributed by atoms with E-state index in [2.05, 4.69) is 10.9 Å². The lowest BCUT2D eigenvalue weighted by Gasteiger charge is -2.14. The van der Waals surface area contributed by atoms with Crippen LogP contribution in [0.15, 0.2) is 42.5 Å². The molecule has 0 aromatic heterocycles. The number of nitrogens with one attached hydrogen (secondary N) is 2. The monoisotopic (exact) mass is 418 g/mol. The SMILES string of the molecule is Cc1ccc(C(C)C)c(OCC(=O)OCC(=O)NNC(=O)c2ccc(Cl)cc2)c1. The molecule has 8 heteroatoms. The summed E-state index contributed by atoms with van der Waals surface area (Å²) in [5.74, 6) is -1.06. The van der Waals surface area contributed by atoms with E-state index in [4.69, 9.17) is 21.1 Å². The van der Waals surface area contributed by atoms with Crippen LogP contribution in [0.25, 0.3) is 0 Å². The molecule has 2 N–H and O–H groups in total. The van der Waals surface area contributed by atoms with Crippen LogP contribution in [0.2, 0.25) is 5.02 Å². The molecule has 0 radical (unpaired) electrons. The van der Waals surface area contributed by atoms with E-state index in [0.717, 1.165) is 11.1 Å². The van der Waals surface area contributed by atoms with Gasteiger partial charge >= 0.3 is 5.97 Å². The normalized spacial score (nSPS) is 10.4. The number of rotatable bonds is 7. The van der Waals surface area contributed by atoms with Crippen molar-refractivity contribution in [3.63, 3.8) is 0 Å². The molecule has 0 fully saturated rings. The van der Waals surface area contributed by atoms with E-state index in [-0.39, 0.29) is 12.5 Å². The molecule has 0 atom stereocenters. The quantitative estimate of drug-likeness (QED) is 0.532. The highest BCUT2D eigenvalue weighted by atomic mass is 35.5. The van der Waals surface area contributed by atoms with Crippen molar-refractivity contribution in [3.8, 4) is 5.75 Å². The first-order valence-corrected chi connectivity index (χ1v) is 9.37. The minimum absolute atomic E-state index is 0.233. The number of esters is 1. The average molecular weight is 419 g/mol. The molecule has 29 heavy (non-hydrogen) atoms. The molecule has 0 aliphatic rings. The van der Waals surface area contributed by atoms with Gasteiger partial charge in [-0.25, -0.2) is 4.79 Å². The molecule has 0 heterocycles. The summed E-state index contributed by atoms with van der Waals surface area (Å²) in [4.78, 5) is 35.5. The lowest BCUT2D eigenvalue weighted by Crippen LogP contribution is -2.43. The van der Waals surface area contributed by atoms with Gasteiger partial charge < -0.3 is 9.47 Å². The maximum atomic E-state index is 11.9.